The van der Waals surface area contributed by atoms with Crippen LogP contribution in [0.1, 0.15) is 35.1 Å². The summed E-state index contributed by atoms with van der Waals surface area (Å²) in [4.78, 5) is 0. The van der Waals surface area contributed by atoms with Gasteiger partial charge >= 0.3 is 6.18 Å². The molecule has 22 heavy (non-hydrogen) atoms. The van der Waals surface area contributed by atoms with Gasteiger partial charge < -0.3 is 4.42 Å². The smallest absolute Gasteiger partial charge is 0.416 e. The molecule has 0 aliphatic heterocycles. The average Bonchev–Trinajstić information content (AvgIpc) is 2.83. The molecular formula is C13H13F3N2O3S. The zero-order valence-corrected chi connectivity index (χ0v) is 12.6. The molecule has 0 radical (unpaired) electrons. The van der Waals surface area contributed by atoms with Crippen molar-refractivity contribution < 1.29 is 26.0 Å². The fourth-order valence-corrected chi connectivity index (χ4v) is 3.12. The lowest BCUT2D eigenvalue weighted by Crippen LogP contribution is -2.14. The van der Waals surface area contributed by atoms with Gasteiger partial charge in [0, 0.05) is 6.92 Å². The first kappa shape index (κ1) is 16.5. The quantitative estimate of drug-likeness (QED) is 0.859. The third kappa shape index (κ3) is 3.65. The maximum atomic E-state index is 12.6. The van der Waals surface area contributed by atoms with Gasteiger partial charge in [0.15, 0.2) is 9.84 Å². The van der Waals surface area contributed by atoms with Gasteiger partial charge in [-0.3, -0.25) is 0 Å². The van der Waals surface area contributed by atoms with E-state index in [1.165, 1.54) is 26.0 Å². The highest BCUT2D eigenvalue weighted by atomic mass is 32.2. The van der Waals surface area contributed by atoms with E-state index in [0.29, 0.717) is 0 Å². The minimum atomic E-state index is -4.52. The Kier molecular flexibility index (Phi) is 4.28. The number of hydrogen-bond donors (Lipinski definition) is 0. The van der Waals surface area contributed by atoms with E-state index in [2.05, 4.69) is 10.2 Å². The van der Waals surface area contributed by atoms with Gasteiger partial charge in [0.25, 0.3) is 0 Å². The third-order valence-corrected chi connectivity index (χ3v) is 5.06. The summed E-state index contributed by atoms with van der Waals surface area (Å²) in [7, 11) is -3.78. The van der Waals surface area contributed by atoms with E-state index in [-0.39, 0.29) is 17.3 Å². The zero-order valence-electron chi connectivity index (χ0n) is 11.8. The zero-order chi connectivity index (χ0) is 16.5. The Morgan fingerprint density at radius 1 is 1.27 bits per heavy atom. The number of halogens is 3. The summed E-state index contributed by atoms with van der Waals surface area (Å²) in [6.07, 6.45) is -4.52. The van der Waals surface area contributed by atoms with Crippen molar-refractivity contribution in [2.75, 3.05) is 0 Å². The van der Waals surface area contributed by atoms with Crippen molar-refractivity contribution in [3.8, 4) is 0 Å². The number of nitrogens with zero attached hydrogens (tertiary/aromatic N) is 2. The summed E-state index contributed by atoms with van der Waals surface area (Å²) >= 11 is 0. The molecular weight excluding hydrogens is 321 g/mol. The summed E-state index contributed by atoms with van der Waals surface area (Å²) < 4.78 is 67.5. The Morgan fingerprint density at radius 2 is 1.95 bits per heavy atom. The van der Waals surface area contributed by atoms with Crippen LogP contribution in [0.4, 0.5) is 13.2 Å². The molecule has 0 spiro atoms. The second-order valence-corrected chi connectivity index (χ2v) is 7.13. The van der Waals surface area contributed by atoms with Gasteiger partial charge in [0.1, 0.15) is 5.25 Å². The van der Waals surface area contributed by atoms with Crippen LogP contribution in [-0.2, 0) is 21.8 Å². The van der Waals surface area contributed by atoms with Crippen molar-refractivity contribution in [1.29, 1.82) is 0 Å². The summed E-state index contributed by atoms with van der Waals surface area (Å²) in [6, 6.07) is 4.22. The molecule has 1 unspecified atom stereocenters. The monoisotopic (exact) mass is 334 g/mol. The highest BCUT2D eigenvalue weighted by Gasteiger charge is 2.32. The van der Waals surface area contributed by atoms with Crippen molar-refractivity contribution in [1.82, 2.24) is 10.2 Å². The average molecular weight is 334 g/mol. The van der Waals surface area contributed by atoms with E-state index in [0.717, 1.165) is 12.1 Å². The van der Waals surface area contributed by atoms with E-state index in [1.807, 2.05) is 0 Å². The summed E-state index contributed by atoms with van der Waals surface area (Å²) in [5.74, 6) is -0.403. The molecule has 1 heterocycles. The molecule has 0 amide bonds. The Balaban J connectivity index is 2.25. The van der Waals surface area contributed by atoms with Gasteiger partial charge in [0.05, 0.1) is 11.3 Å². The van der Waals surface area contributed by atoms with Crippen molar-refractivity contribution in [2.45, 2.75) is 31.0 Å². The molecule has 9 heteroatoms. The number of aryl methyl sites for hydroxylation is 1. The predicted molar refractivity (Wildman–Crippen MR) is 71.5 cm³/mol. The fourth-order valence-electron chi connectivity index (χ4n) is 1.82. The van der Waals surface area contributed by atoms with Crippen molar-refractivity contribution >= 4 is 9.84 Å². The standard InChI is InChI=1S/C13H13F3N2O3S/c1-8(12-18-17-9(2)21-12)22(19,20)7-10-4-3-5-11(6-10)13(14,15)16/h3-6,8H,7H2,1-2H3. The van der Waals surface area contributed by atoms with Crippen molar-refractivity contribution in [3.05, 3.63) is 47.2 Å². The SMILES string of the molecule is Cc1nnc(C(C)S(=O)(=O)Cc2cccc(C(F)(F)F)c2)o1. The van der Waals surface area contributed by atoms with Crippen LogP contribution in [0.5, 0.6) is 0 Å². The number of alkyl halides is 3. The van der Waals surface area contributed by atoms with Crippen LogP contribution in [0.3, 0.4) is 0 Å². The van der Waals surface area contributed by atoms with Crippen LogP contribution in [0.15, 0.2) is 28.7 Å². The molecule has 0 bridgehead atoms. The lowest BCUT2D eigenvalue weighted by Gasteiger charge is -2.11. The highest BCUT2D eigenvalue weighted by molar-refractivity contribution is 7.90. The molecule has 0 aliphatic rings. The summed E-state index contributed by atoms with van der Waals surface area (Å²) in [6.45, 7) is 2.87. The molecule has 1 aromatic heterocycles. The lowest BCUT2D eigenvalue weighted by molar-refractivity contribution is -0.137. The van der Waals surface area contributed by atoms with Crippen LogP contribution in [-0.4, -0.2) is 18.6 Å². The van der Waals surface area contributed by atoms with Gasteiger partial charge in [-0.2, -0.15) is 13.2 Å². The first-order valence-corrected chi connectivity index (χ1v) is 7.99. The molecule has 0 fully saturated rings. The van der Waals surface area contributed by atoms with Gasteiger partial charge in [0.2, 0.25) is 11.8 Å². The first-order valence-electron chi connectivity index (χ1n) is 6.27. The Labute approximate surface area is 125 Å². The Hall–Kier alpha value is -1.90. The number of sulfone groups is 1. The molecule has 120 valence electrons. The number of rotatable bonds is 4. The lowest BCUT2D eigenvalue weighted by atomic mass is 10.1. The normalized spacial score (nSPS) is 14.0. The maximum Gasteiger partial charge on any atom is 0.416 e. The second-order valence-electron chi connectivity index (χ2n) is 4.81. The molecule has 2 rings (SSSR count). The Morgan fingerprint density at radius 3 is 2.50 bits per heavy atom. The van der Waals surface area contributed by atoms with Gasteiger partial charge in [-0.15, -0.1) is 10.2 Å². The Bertz CT molecular complexity index is 769. The second kappa shape index (κ2) is 5.71. The van der Waals surface area contributed by atoms with Gasteiger partial charge in [-0.05, 0) is 18.6 Å². The van der Waals surface area contributed by atoms with Crippen LogP contribution in [0, 0.1) is 6.92 Å². The van der Waals surface area contributed by atoms with Crippen LogP contribution in [0.25, 0.3) is 0 Å². The van der Waals surface area contributed by atoms with Gasteiger partial charge in [-0.25, -0.2) is 8.42 Å². The number of benzene rings is 1. The van der Waals surface area contributed by atoms with E-state index >= 15 is 0 Å². The minimum absolute atomic E-state index is 0.0536. The van der Waals surface area contributed by atoms with Crippen LogP contribution >= 0.6 is 0 Å². The largest absolute Gasteiger partial charge is 0.424 e. The van der Waals surface area contributed by atoms with Crippen molar-refractivity contribution in [2.24, 2.45) is 0 Å². The van der Waals surface area contributed by atoms with Crippen LogP contribution < -0.4 is 0 Å². The molecule has 0 N–H and O–H groups in total. The third-order valence-electron chi connectivity index (χ3n) is 3.05. The summed E-state index contributed by atoms with van der Waals surface area (Å²) in [5, 5.41) is 6.09. The predicted octanol–water partition coefficient (Wildman–Crippen LogP) is 3.07. The minimum Gasteiger partial charge on any atom is -0.424 e. The molecule has 1 aromatic carbocycles. The van der Waals surface area contributed by atoms with E-state index in [1.54, 1.807) is 0 Å². The molecule has 1 atom stereocenters. The maximum absolute atomic E-state index is 12.6. The van der Waals surface area contributed by atoms with Crippen LogP contribution in [0.2, 0.25) is 0 Å². The van der Waals surface area contributed by atoms with E-state index in [9.17, 15) is 21.6 Å². The topological polar surface area (TPSA) is 73.1 Å². The van der Waals surface area contributed by atoms with E-state index in [4.69, 9.17) is 4.42 Å². The van der Waals surface area contributed by atoms with E-state index < -0.39 is 32.6 Å². The van der Waals surface area contributed by atoms with Crippen molar-refractivity contribution in [3.63, 3.8) is 0 Å². The summed E-state index contributed by atoms with van der Waals surface area (Å²) in [5.41, 5.74) is -0.834. The molecule has 0 saturated heterocycles. The molecule has 0 saturated carbocycles. The molecule has 5 nitrogen and oxygen atoms in total. The number of aromatic nitrogens is 2. The molecule has 2 aromatic rings. The number of hydrogen-bond acceptors (Lipinski definition) is 5. The first-order chi connectivity index (χ1) is 10.1. The fraction of sp³-hybridized carbons (Fsp3) is 0.385. The molecule has 0 aliphatic carbocycles. The highest BCUT2D eigenvalue weighted by Crippen LogP contribution is 2.31. The van der Waals surface area contributed by atoms with Gasteiger partial charge in [-0.1, -0.05) is 18.2 Å².